The maximum Gasteiger partial charge on any atom is 0.316 e. The van der Waals surface area contributed by atoms with Crippen LogP contribution in [0.5, 0.6) is 0 Å². The zero-order valence-electron chi connectivity index (χ0n) is 9.35. The lowest BCUT2D eigenvalue weighted by Gasteiger charge is -2.22. The number of nitrogens with zero attached hydrogens (tertiary/aromatic N) is 1. The van der Waals surface area contributed by atoms with Gasteiger partial charge in [-0.25, -0.2) is 4.79 Å². The van der Waals surface area contributed by atoms with Gasteiger partial charge < -0.3 is 10.6 Å². The number of urea groups is 1. The average molecular weight is 197 g/mol. The van der Waals surface area contributed by atoms with Crippen molar-refractivity contribution in [2.45, 2.75) is 52.1 Å². The number of nitrogens with one attached hydrogen (secondary N) is 2. The van der Waals surface area contributed by atoms with Crippen LogP contribution in [0.3, 0.4) is 0 Å². The Hall–Kier alpha value is -1.24. The second kappa shape index (κ2) is 5.48. The predicted octanol–water partition coefficient (Wildman–Crippen LogP) is 1.78. The number of carbonyl (C=O) groups excluding carboxylic acids is 1. The van der Waals surface area contributed by atoms with Crippen LogP contribution in [0.1, 0.15) is 40.5 Å². The Bertz CT molecular complexity index is 225. The third-order valence-corrected chi connectivity index (χ3v) is 1.53. The second-order valence-corrected chi connectivity index (χ2v) is 4.32. The van der Waals surface area contributed by atoms with Crippen molar-refractivity contribution in [3.63, 3.8) is 0 Å². The lowest BCUT2D eigenvalue weighted by Crippen LogP contribution is -2.49. The first-order chi connectivity index (χ1) is 6.39. The molecule has 2 amide bonds. The lowest BCUT2D eigenvalue weighted by atomic mass is 10.1. The Kier molecular flexibility index (Phi) is 5.00. The smallest absolute Gasteiger partial charge is 0.316 e. The second-order valence-electron chi connectivity index (χ2n) is 4.32. The van der Waals surface area contributed by atoms with E-state index in [1.54, 1.807) is 0 Å². The third-order valence-electron chi connectivity index (χ3n) is 1.53. The molecule has 2 N–H and O–H groups in total. The number of hydrogen-bond donors (Lipinski definition) is 2. The Morgan fingerprint density at radius 2 is 2.07 bits per heavy atom. The fourth-order valence-electron chi connectivity index (χ4n) is 0.993. The van der Waals surface area contributed by atoms with Crippen LogP contribution < -0.4 is 10.6 Å². The molecule has 0 aromatic rings. The van der Waals surface area contributed by atoms with Crippen molar-refractivity contribution in [2.24, 2.45) is 0 Å². The molecule has 0 bridgehead atoms. The van der Waals surface area contributed by atoms with Gasteiger partial charge in [-0.2, -0.15) is 5.26 Å². The Morgan fingerprint density at radius 3 is 2.43 bits per heavy atom. The highest BCUT2D eigenvalue weighted by molar-refractivity contribution is 5.75. The highest BCUT2D eigenvalue weighted by Gasteiger charge is 2.16. The van der Waals surface area contributed by atoms with Crippen LogP contribution in [0.25, 0.3) is 0 Å². The van der Waals surface area contributed by atoms with Crippen LogP contribution in [0.4, 0.5) is 4.79 Å². The van der Waals surface area contributed by atoms with E-state index in [9.17, 15) is 4.79 Å². The van der Waals surface area contributed by atoms with Gasteiger partial charge in [0.15, 0.2) is 0 Å². The van der Waals surface area contributed by atoms with Gasteiger partial charge in [-0.05, 0) is 27.2 Å². The van der Waals surface area contributed by atoms with E-state index in [1.165, 1.54) is 0 Å². The molecule has 0 saturated carbocycles. The molecule has 0 aliphatic carbocycles. The molecular formula is C10H19N3O. The Morgan fingerprint density at radius 1 is 1.50 bits per heavy atom. The molecule has 14 heavy (non-hydrogen) atoms. The molecule has 0 aliphatic heterocycles. The lowest BCUT2D eigenvalue weighted by molar-refractivity contribution is 0.229. The number of rotatable bonds is 3. The first-order valence-electron chi connectivity index (χ1n) is 4.87. The molecule has 0 heterocycles. The summed E-state index contributed by atoms with van der Waals surface area (Å²) in [5.41, 5.74) is -0.268. The van der Waals surface area contributed by atoms with Gasteiger partial charge in [0.1, 0.15) is 6.04 Å². The maximum atomic E-state index is 11.3. The van der Waals surface area contributed by atoms with Crippen molar-refractivity contribution < 1.29 is 4.79 Å². The van der Waals surface area contributed by atoms with E-state index in [4.69, 9.17) is 5.26 Å². The van der Waals surface area contributed by atoms with Crippen molar-refractivity contribution in [1.29, 1.82) is 5.26 Å². The van der Waals surface area contributed by atoms with Gasteiger partial charge >= 0.3 is 6.03 Å². The summed E-state index contributed by atoms with van der Waals surface area (Å²) in [6, 6.07) is 1.38. The van der Waals surface area contributed by atoms with Crippen molar-refractivity contribution in [3.8, 4) is 6.07 Å². The fraction of sp³-hybridized carbons (Fsp3) is 0.800. The van der Waals surface area contributed by atoms with Gasteiger partial charge in [-0.3, -0.25) is 0 Å². The molecule has 1 atom stereocenters. The molecule has 0 aliphatic rings. The van der Waals surface area contributed by atoms with Crippen molar-refractivity contribution >= 4 is 6.03 Å². The highest BCUT2D eigenvalue weighted by Crippen LogP contribution is 1.99. The number of hydrogen-bond acceptors (Lipinski definition) is 2. The van der Waals surface area contributed by atoms with Crippen molar-refractivity contribution in [2.75, 3.05) is 0 Å². The fourth-order valence-corrected chi connectivity index (χ4v) is 0.993. The van der Waals surface area contributed by atoms with Crippen LogP contribution in [0.2, 0.25) is 0 Å². The molecule has 80 valence electrons. The molecule has 0 fully saturated rings. The van der Waals surface area contributed by atoms with Crippen molar-refractivity contribution in [3.05, 3.63) is 0 Å². The molecular weight excluding hydrogens is 178 g/mol. The van der Waals surface area contributed by atoms with Gasteiger partial charge in [0, 0.05) is 5.54 Å². The molecule has 0 rings (SSSR count). The molecule has 0 spiro atoms. The normalized spacial score (nSPS) is 12.8. The summed E-state index contributed by atoms with van der Waals surface area (Å²) in [6.45, 7) is 7.67. The Balaban J connectivity index is 3.99. The average Bonchev–Trinajstić information content (AvgIpc) is 2.00. The molecule has 0 radical (unpaired) electrons. The van der Waals surface area contributed by atoms with E-state index in [2.05, 4.69) is 10.6 Å². The van der Waals surface area contributed by atoms with E-state index >= 15 is 0 Å². The number of nitriles is 1. The van der Waals surface area contributed by atoms with Crippen molar-refractivity contribution in [1.82, 2.24) is 10.6 Å². The summed E-state index contributed by atoms with van der Waals surface area (Å²) < 4.78 is 0. The summed E-state index contributed by atoms with van der Waals surface area (Å²) in [5.74, 6) is 0. The molecule has 4 nitrogen and oxygen atoms in total. The van der Waals surface area contributed by atoms with E-state index in [0.717, 1.165) is 6.42 Å². The predicted molar refractivity (Wildman–Crippen MR) is 55.7 cm³/mol. The molecule has 4 heteroatoms. The first kappa shape index (κ1) is 12.8. The molecule has 0 aromatic heterocycles. The molecule has 0 saturated heterocycles. The summed E-state index contributed by atoms with van der Waals surface area (Å²) >= 11 is 0. The van der Waals surface area contributed by atoms with Gasteiger partial charge in [0.2, 0.25) is 0 Å². The zero-order chi connectivity index (χ0) is 11.2. The van der Waals surface area contributed by atoms with Crippen LogP contribution in [0.15, 0.2) is 0 Å². The largest absolute Gasteiger partial charge is 0.334 e. The minimum Gasteiger partial charge on any atom is -0.334 e. The van der Waals surface area contributed by atoms with Gasteiger partial charge in [0.05, 0.1) is 6.07 Å². The van der Waals surface area contributed by atoms with Gasteiger partial charge in [-0.15, -0.1) is 0 Å². The summed E-state index contributed by atoms with van der Waals surface area (Å²) in [4.78, 5) is 11.3. The highest BCUT2D eigenvalue weighted by atomic mass is 16.2. The van der Waals surface area contributed by atoms with E-state index < -0.39 is 0 Å². The summed E-state index contributed by atoms with van der Waals surface area (Å²) in [5, 5.41) is 14.1. The molecule has 0 aromatic carbocycles. The first-order valence-corrected chi connectivity index (χ1v) is 4.87. The van der Waals surface area contributed by atoms with Gasteiger partial charge in [0.25, 0.3) is 0 Å². The number of carbonyl (C=O) groups is 1. The maximum absolute atomic E-state index is 11.3. The monoisotopic (exact) mass is 197 g/mol. The minimum atomic E-state index is -0.387. The Labute approximate surface area is 85.7 Å². The molecule has 1 unspecified atom stereocenters. The standard InChI is InChI=1S/C10H19N3O/c1-5-6-8(7-11)12-9(14)13-10(2,3)4/h8H,5-6H2,1-4H3,(H2,12,13,14). The summed E-state index contributed by atoms with van der Waals surface area (Å²) in [7, 11) is 0. The SMILES string of the molecule is CCCC(C#N)NC(=O)NC(C)(C)C. The van der Waals surface area contributed by atoms with Crippen LogP contribution in [-0.2, 0) is 0 Å². The summed E-state index contributed by atoms with van der Waals surface area (Å²) in [6.07, 6.45) is 1.57. The van der Waals surface area contributed by atoms with E-state index in [1.807, 2.05) is 33.8 Å². The minimum absolute atomic E-state index is 0.268. The van der Waals surface area contributed by atoms with E-state index in [0.29, 0.717) is 6.42 Å². The van der Waals surface area contributed by atoms with E-state index in [-0.39, 0.29) is 17.6 Å². The third kappa shape index (κ3) is 6.30. The van der Waals surface area contributed by atoms with Crippen LogP contribution in [-0.4, -0.2) is 17.6 Å². The van der Waals surface area contributed by atoms with Gasteiger partial charge in [-0.1, -0.05) is 13.3 Å². The van der Waals surface area contributed by atoms with Crippen LogP contribution >= 0.6 is 0 Å². The zero-order valence-corrected chi connectivity index (χ0v) is 9.35. The number of amides is 2. The van der Waals surface area contributed by atoms with Crippen LogP contribution in [0, 0.1) is 11.3 Å². The topological polar surface area (TPSA) is 64.9 Å². The quantitative estimate of drug-likeness (QED) is 0.724.